The van der Waals surface area contributed by atoms with E-state index in [4.69, 9.17) is 4.52 Å². The van der Waals surface area contributed by atoms with E-state index < -0.39 is 0 Å². The van der Waals surface area contributed by atoms with Gasteiger partial charge in [-0.2, -0.15) is 10.1 Å². The number of rotatable bonds is 7. The molecule has 2 rings (SSSR count). The Balaban J connectivity index is 1.79. The van der Waals surface area contributed by atoms with Crippen molar-refractivity contribution < 1.29 is 4.52 Å². The third-order valence-corrected chi connectivity index (χ3v) is 3.29. The van der Waals surface area contributed by atoms with Gasteiger partial charge >= 0.3 is 0 Å². The van der Waals surface area contributed by atoms with Crippen LogP contribution < -0.4 is 0 Å². The summed E-state index contributed by atoms with van der Waals surface area (Å²) in [7, 11) is 2.08. The molecule has 0 radical (unpaired) electrons. The van der Waals surface area contributed by atoms with E-state index in [0.29, 0.717) is 18.5 Å². The number of hydrogen-bond donors (Lipinski definition) is 0. The summed E-state index contributed by atoms with van der Waals surface area (Å²) in [6.45, 7) is 5.84. The van der Waals surface area contributed by atoms with Crippen LogP contribution in [-0.2, 0) is 19.5 Å². The Bertz CT molecular complexity index is 479. The van der Waals surface area contributed by atoms with Gasteiger partial charge < -0.3 is 4.52 Å². The van der Waals surface area contributed by atoms with Crippen LogP contribution in [0, 0.1) is 0 Å². The molecule has 0 unspecified atom stereocenters. The second kappa shape index (κ2) is 6.47. The second-order valence-corrected chi connectivity index (χ2v) is 4.78. The molecule has 0 aliphatic carbocycles. The standard InChI is InChI=1S/C13H21N5O/c1-4-13-15-12(16-19-13)10-17(3)11(2)6-9-18-8-5-7-14-18/h5,7-8,11H,4,6,9-10H2,1-3H3/t11-/m1/s1. The molecule has 2 aromatic rings. The topological polar surface area (TPSA) is 60.0 Å². The fourth-order valence-corrected chi connectivity index (χ4v) is 1.85. The van der Waals surface area contributed by atoms with Crippen molar-refractivity contribution in [2.75, 3.05) is 7.05 Å². The minimum atomic E-state index is 0.438. The number of aromatic nitrogens is 4. The van der Waals surface area contributed by atoms with Gasteiger partial charge in [-0.3, -0.25) is 9.58 Å². The molecule has 0 saturated heterocycles. The van der Waals surface area contributed by atoms with Crippen LogP contribution in [0.5, 0.6) is 0 Å². The first kappa shape index (κ1) is 13.7. The SMILES string of the molecule is CCc1nc(CN(C)[C@H](C)CCn2cccn2)no1. The lowest BCUT2D eigenvalue weighted by molar-refractivity contribution is 0.220. The summed E-state index contributed by atoms with van der Waals surface area (Å²) >= 11 is 0. The van der Waals surface area contributed by atoms with Gasteiger partial charge in [-0.1, -0.05) is 12.1 Å². The molecule has 19 heavy (non-hydrogen) atoms. The van der Waals surface area contributed by atoms with E-state index in [-0.39, 0.29) is 0 Å². The molecule has 6 heteroatoms. The highest BCUT2D eigenvalue weighted by Crippen LogP contribution is 2.08. The van der Waals surface area contributed by atoms with Crippen molar-refractivity contribution in [1.82, 2.24) is 24.8 Å². The van der Waals surface area contributed by atoms with Crippen molar-refractivity contribution in [3.8, 4) is 0 Å². The first-order valence-corrected chi connectivity index (χ1v) is 6.68. The van der Waals surface area contributed by atoms with Crippen molar-refractivity contribution in [2.24, 2.45) is 0 Å². The van der Waals surface area contributed by atoms with Crippen LogP contribution in [0.1, 0.15) is 32.0 Å². The van der Waals surface area contributed by atoms with Crippen LogP contribution in [0.15, 0.2) is 23.0 Å². The normalized spacial score (nSPS) is 13.1. The molecule has 0 spiro atoms. The van der Waals surface area contributed by atoms with Gasteiger partial charge in [0, 0.05) is 31.4 Å². The summed E-state index contributed by atoms with van der Waals surface area (Å²) in [6.07, 6.45) is 5.61. The first-order chi connectivity index (χ1) is 9.19. The fourth-order valence-electron chi connectivity index (χ4n) is 1.85. The quantitative estimate of drug-likeness (QED) is 0.761. The molecule has 2 heterocycles. The van der Waals surface area contributed by atoms with E-state index in [1.54, 1.807) is 6.20 Å². The summed E-state index contributed by atoms with van der Waals surface area (Å²) < 4.78 is 7.06. The van der Waals surface area contributed by atoms with Gasteiger partial charge in [-0.15, -0.1) is 0 Å². The maximum Gasteiger partial charge on any atom is 0.226 e. The third kappa shape index (κ3) is 3.89. The smallest absolute Gasteiger partial charge is 0.226 e. The Morgan fingerprint density at radius 3 is 2.95 bits per heavy atom. The zero-order chi connectivity index (χ0) is 13.7. The van der Waals surface area contributed by atoms with Crippen molar-refractivity contribution >= 4 is 0 Å². The van der Waals surface area contributed by atoms with Crippen LogP contribution in [0.2, 0.25) is 0 Å². The summed E-state index contributed by atoms with van der Waals surface area (Å²) in [5.74, 6) is 1.46. The molecule has 0 fully saturated rings. The van der Waals surface area contributed by atoms with Crippen LogP contribution >= 0.6 is 0 Å². The highest BCUT2D eigenvalue weighted by atomic mass is 16.5. The summed E-state index contributed by atoms with van der Waals surface area (Å²) in [5.41, 5.74) is 0. The molecule has 0 aliphatic rings. The summed E-state index contributed by atoms with van der Waals surface area (Å²) in [4.78, 5) is 6.55. The molecule has 0 N–H and O–H groups in total. The average molecular weight is 263 g/mol. The fraction of sp³-hybridized carbons (Fsp3) is 0.615. The van der Waals surface area contributed by atoms with Crippen LogP contribution in [0.25, 0.3) is 0 Å². The lowest BCUT2D eigenvalue weighted by Gasteiger charge is -2.23. The van der Waals surface area contributed by atoms with Gasteiger partial charge in [-0.05, 0) is 26.5 Å². The molecular formula is C13H21N5O. The number of hydrogen-bond acceptors (Lipinski definition) is 5. The van der Waals surface area contributed by atoms with Crippen molar-refractivity contribution in [1.29, 1.82) is 0 Å². The van der Waals surface area contributed by atoms with Crippen LogP contribution in [-0.4, -0.2) is 37.9 Å². The van der Waals surface area contributed by atoms with Gasteiger partial charge in [0.25, 0.3) is 0 Å². The van der Waals surface area contributed by atoms with E-state index in [1.165, 1.54) is 0 Å². The average Bonchev–Trinajstić information content (AvgIpc) is 3.06. The lowest BCUT2D eigenvalue weighted by Crippen LogP contribution is -2.30. The highest BCUT2D eigenvalue weighted by molar-refractivity contribution is 4.86. The first-order valence-electron chi connectivity index (χ1n) is 6.68. The maximum atomic E-state index is 5.11. The van der Waals surface area contributed by atoms with Crippen molar-refractivity contribution in [2.45, 2.75) is 45.8 Å². The second-order valence-electron chi connectivity index (χ2n) is 4.78. The van der Waals surface area contributed by atoms with Crippen molar-refractivity contribution in [3.63, 3.8) is 0 Å². The Hall–Kier alpha value is -1.69. The van der Waals surface area contributed by atoms with Gasteiger partial charge in [-0.25, -0.2) is 0 Å². The summed E-state index contributed by atoms with van der Waals surface area (Å²) in [5, 5.41) is 8.18. The van der Waals surface area contributed by atoms with Crippen LogP contribution in [0.3, 0.4) is 0 Å². The predicted octanol–water partition coefficient (Wildman–Crippen LogP) is 1.74. The zero-order valence-electron chi connectivity index (χ0n) is 11.8. The molecule has 0 aromatic carbocycles. The Morgan fingerprint density at radius 1 is 1.47 bits per heavy atom. The van der Waals surface area contributed by atoms with Gasteiger partial charge in [0.15, 0.2) is 5.82 Å². The summed E-state index contributed by atoms with van der Waals surface area (Å²) in [6, 6.07) is 2.38. The molecule has 0 aliphatic heterocycles. The Kier molecular flexibility index (Phi) is 4.68. The molecule has 104 valence electrons. The third-order valence-electron chi connectivity index (χ3n) is 3.29. The monoisotopic (exact) mass is 263 g/mol. The zero-order valence-corrected chi connectivity index (χ0v) is 11.8. The van der Waals surface area contributed by atoms with Gasteiger partial charge in [0.2, 0.25) is 5.89 Å². The van der Waals surface area contributed by atoms with E-state index in [9.17, 15) is 0 Å². The molecule has 2 aromatic heterocycles. The lowest BCUT2D eigenvalue weighted by atomic mass is 10.2. The van der Waals surface area contributed by atoms with Crippen LogP contribution in [0.4, 0.5) is 0 Å². The number of nitrogens with zero attached hydrogens (tertiary/aromatic N) is 5. The minimum Gasteiger partial charge on any atom is -0.339 e. The Labute approximate surface area is 113 Å². The van der Waals surface area contributed by atoms with E-state index in [0.717, 1.165) is 25.2 Å². The van der Waals surface area contributed by atoms with Crippen molar-refractivity contribution in [3.05, 3.63) is 30.2 Å². The molecule has 1 atom stereocenters. The maximum absolute atomic E-state index is 5.11. The van der Waals surface area contributed by atoms with Gasteiger partial charge in [0.05, 0.1) is 6.54 Å². The predicted molar refractivity (Wildman–Crippen MR) is 71.4 cm³/mol. The number of aryl methyl sites for hydroxylation is 2. The molecule has 0 bridgehead atoms. The van der Waals surface area contributed by atoms with E-state index >= 15 is 0 Å². The molecule has 6 nitrogen and oxygen atoms in total. The molecule has 0 saturated carbocycles. The van der Waals surface area contributed by atoms with E-state index in [2.05, 4.69) is 34.1 Å². The largest absolute Gasteiger partial charge is 0.339 e. The molecule has 0 amide bonds. The minimum absolute atomic E-state index is 0.438. The Morgan fingerprint density at radius 2 is 2.32 bits per heavy atom. The molecular weight excluding hydrogens is 242 g/mol. The van der Waals surface area contributed by atoms with Gasteiger partial charge in [0.1, 0.15) is 0 Å². The highest BCUT2D eigenvalue weighted by Gasteiger charge is 2.13. The van der Waals surface area contributed by atoms with E-state index in [1.807, 2.05) is 23.9 Å².